The fourth-order valence-corrected chi connectivity index (χ4v) is 2.26. The van der Waals surface area contributed by atoms with Crippen molar-refractivity contribution < 1.29 is 0 Å². The van der Waals surface area contributed by atoms with Gasteiger partial charge in [0.25, 0.3) is 0 Å². The number of aromatic nitrogens is 1. The van der Waals surface area contributed by atoms with Crippen LogP contribution in [0.5, 0.6) is 0 Å². The van der Waals surface area contributed by atoms with E-state index in [1.54, 1.807) is 0 Å². The molecule has 0 bridgehead atoms. The van der Waals surface area contributed by atoms with Crippen molar-refractivity contribution in [2.75, 3.05) is 6.54 Å². The summed E-state index contributed by atoms with van der Waals surface area (Å²) < 4.78 is 0. The summed E-state index contributed by atoms with van der Waals surface area (Å²) in [4.78, 5) is 4.10. The number of hydrogen-bond donors (Lipinski definition) is 1. The minimum absolute atomic E-state index is 0.486. The van der Waals surface area contributed by atoms with Crippen molar-refractivity contribution in [3.63, 3.8) is 0 Å². The smallest absolute Gasteiger partial charge is 0.0323 e. The van der Waals surface area contributed by atoms with Crippen LogP contribution in [0.2, 0.25) is 0 Å². The number of rotatable bonds is 8. The predicted molar refractivity (Wildman–Crippen MR) is 74.0 cm³/mol. The second kappa shape index (κ2) is 8.24. The zero-order valence-electron chi connectivity index (χ0n) is 11.4. The molecule has 0 saturated heterocycles. The van der Waals surface area contributed by atoms with Crippen LogP contribution in [0.15, 0.2) is 24.5 Å². The van der Waals surface area contributed by atoms with Crippen LogP contribution >= 0.6 is 0 Å². The van der Waals surface area contributed by atoms with E-state index in [-0.39, 0.29) is 0 Å². The number of hydrogen-bond acceptors (Lipinski definition) is 2. The van der Waals surface area contributed by atoms with Gasteiger partial charge in [0.1, 0.15) is 0 Å². The normalized spacial score (nSPS) is 14.5. The molecular weight excluding hydrogens is 208 g/mol. The molecule has 96 valence electrons. The molecule has 0 spiro atoms. The zero-order chi connectivity index (χ0) is 12.5. The molecule has 0 radical (unpaired) electrons. The molecule has 2 nitrogen and oxygen atoms in total. The van der Waals surface area contributed by atoms with E-state index in [1.165, 1.54) is 31.2 Å². The fourth-order valence-electron chi connectivity index (χ4n) is 2.26. The highest BCUT2D eigenvalue weighted by molar-refractivity contribution is 5.15. The van der Waals surface area contributed by atoms with Gasteiger partial charge in [-0.25, -0.2) is 0 Å². The van der Waals surface area contributed by atoms with E-state index in [0.717, 1.165) is 12.5 Å². The van der Waals surface area contributed by atoms with Crippen LogP contribution in [0.1, 0.15) is 58.1 Å². The quantitative estimate of drug-likeness (QED) is 0.736. The molecule has 0 aliphatic carbocycles. The molecule has 2 unspecified atom stereocenters. The first-order chi connectivity index (χ1) is 8.27. The van der Waals surface area contributed by atoms with Crippen LogP contribution in [-0.4, -0.2) is 11.5 Å². The van der Waals surface area contributed by atoms with E-state index in [9.17, 15) is 0 Å². The third kappa shape index (κ3) is 5.31. The molecule has 0 saturated carbocycles. The first kappa shape index (κ1) is 14.2. The maximum Gasteiger partial charge on any atom is 0.0323 e. The number of nitrogens with one attached hydrogen (secondary N) is 1. The SMILES string of the molecule is CCCNC(CC(C)CCC)c1ccncc1. The fraction of sp³-hybridized carbons (Fsp3) is 0.667. The van der Waals surface area contributed by atoms with E-state index >= 15 is 0 Å². The van der Waals surface area contributed by atoms with Crippen molar-refractivity contribution in [3.8, 4) is 0 Å². The minimum Gasteiger partial charge on any atom is -0.310 e. The molecule has 1 aromatic heterocycles. The lowest BCUT2D eigenvalue weighted by Gasteiger charge is -2.22. The Morgan fingerprint density at radius 3 is 2.47 bits per heavy atom. The Hall–Kier alpha value is -0.890. The Kier molecular flexibility index (Phi) is 6.87. The van der Waals surface area contributed by atoms with Crippen molar-refractivity contribution in [3.05, 3.63) is 30.1 Å². The molecule has 2 atom stereocenters. The third-order valence-electron chi connectivity index (χ3n) is 3.17. The van der Waals surface area contributed by atoms with Crippen LogP contribution in [-0.2, 0) is 0 Å². The largest absolute Gasteiger partial charge is 0.310 e. The van der Waals surface area contributed by atoms with Gasteiger partial charge in [-0.2, -0.15) is 0 Å². The molecule has 17 heavy (non-hydrogen) atoms. The summed E-state index contributed by atoms with van der Waals surface area (Å²) in [7, 11) is 0. The van der Waals surface area contributed by atoms with E-state index in [0.29, 0.717) is 6.04 Å². The molecule has 2 heteroatoms. The molecule has 0 amide bonds. The van der Waals surface area contributed by atoms with Crippen LogP contribution in [0.25, 0.3) is 0 Å². The number of nitrogens with zero attached hydrogens (tertiary/aromatic N) is 1. The van der Waals surface area contributed by atoms with Crippen LogP contribution in [0, 0.1) is 5.92 Å². The zero-order valence-corrected chi connectivity index (χ0v) is 11.4. The highest BCUT2D eigenvalue weighted by Gasteiger charge is 2.13. The van der Waals surface area contributed by atoms with Crippen LogP contribution in [0.3, 0.4) is 0 Å². The second-order valence-electron chi connectivity index (χ2n) is 4.92. The van der Waals surface area contributed by atoms with Crippen molar-refractivity contribution in [2.24, 2.45) is 5.92 Å². The van der Waals surface area contributed by atoms with E-state index in [4.69, 9.17) is 0 Å². The molecule has 1 rings (SSSR count). The van der Waals surface area contributed by atoms with Gasteiger partial charge in [-0.1, -0.05) is 33.6 Å². The van der Waals surface area contributed by atoms with Gasteiger partial charge in [-0.3, -0.25) is 4.98 Å². The summed E-state index contributed by atoms with van der Waals surface area (Å²) in [6.45, 7) is 7.92. The maximum atomic E-state index is 4.10. The lowest BCUT2D eigenvalue weighted by atomic mass is 9.93. The molecule has 1 aromatic rings. The van der Waals surface area contributed by atoms with Gasteiger partial charge in [0.15, 0.2) is 0 Å². The van der Waals surface area contributed by atoms with Gasteiger partial charge in [-0.15, -0.1) is 0 Å². The lowest BCUT2D eigenvalue weighted by Crippen LogP contribution is -2.24. The molecule has 0 fully saturated rings. The van der Waals surface area contributed by atoms with E-state index in [1.807, 2.05) is 12.4 Å². The van der Waals surface area contributed by atoms with Gasteiger partial charge in [0, 0.05) is 18.4 Å². The third-order valence-corrected chi connectivity index (χ3v) is 3.17. The highest BCUT2D eigenvalue weighted by Crippen LogP contribution is 2.23. The molecule has 0 aliphatic heterocycles. The summed E-state index contributed by atoms with van der Waals surface area (Å²) in [6.07, 6.45) is 8.77. The first-order valence-corrected chi connectivity index (χ1v) is 6.91. The first-order valence-electron chi connectivity index (χ1n) is 6.91. The molecular formula is C15H26N2. The Bertz CT molecular complexity index is 284. The lowest BCUT2D eigenvalue weighted by molar-refractivity contribution is 0.390. The van der Waals surface area contributed by atoms with Crippen molar-refractivity contribution in [2.45, 2.75) is 52.5 Å². The molecule has 1 N–H and O–H groups in total. The summed E-state index contributed by atoms with van der Waals surface area (Å²) in [5.41, 5.74) is 1.37. The van der Waals surface area contributed by atoms with E-state index in [2.05, 4.69) is 43.2 Å². The van der Waals surface area contributed by atoms with Crippen LogP contribution < -0.4 is 5.32 Å². The highest BCUT2D eigenvalue weighted by atomic mass is 14.9. The summed E-state index contributed by atoms with van der Waals surface area (Å²) in [5, 5.41) is 3.65. The average molecular weight is 234 g/mol. The van der Waals surface area contributed by atoms with Gasteiger partial charge in [0.05, 0.1) is 0 Å². The van der Waals surface area contributed by atoms with Gasteiger partial charge >= 0.3 is 0 Å². The summed E-state index contributed by atoms with van der Waals surface area (Å²) in [5.74, 6) is 0.780. The molecule has 1 heterocycles. The molecule has 0 aromatic carbocycles. The van der Waals surface area contributed by atoms with Gasteiger partial charge in [-0.05, 0) is 43.0 Å². The van der Waals surface area contributed by atoms with Gasteiger partial charge < -0.3 is 5.32 Å². The maximum absolute atomic E-state index is 4.10. The second-order valence-corrected chi connectivity index (χ2v) is 4.92. The number of pyridine rings is 1. The Labute approximate surface area is 106 Å². The monoisotopic (exact) mass is 234 g/mol. The minimum atomic E-state index is 0.486. The summed E-state index contributed by atoms with van der Waals surface area (Å²) >= 11 is 0. The Balaban J connectivity index is 2.60. The van der Waals surface area contributed by atoms with Crippen molar-refractivity contribution in [1.82, 2.24) is 10.3 Å². The molecule has 0 aliphatic rings. The average Bonchev–Trinajstić information content (AvgIpc) is 2.36. The van der Waals surface area contributed by atoms with Gasteiger partial charge in [0.2, 0.25) is 0 Å². The van der Waals surface area contributed by atoms with Crippen molar-refractivity contribution in [1.29, 1.82) is 0 Å². The topological polar surface area (TPSA) is 24.9 Å². The Morgan fingerprint density at radius 1 is 1.18 bits per heavy atom. The standard InChI is InChI=1S/C15H26N2/c1-4-6-13(3)12-15(17-9-5-2)14-7-10-16-11-8-14/h7-8,10-11,13,15,17H,4-6,9,12H2,1-3H3. The van der Waals surface area contributed by atoms with E-state index < -0.39 is 0 Å². The Morgan fingerprint density at radius 2 is 1.88 bits per heavy atom. The van der Waals surface area contributed by atoms with Crippen LogP contribution in [0.4, 0.5) is 0 Å². The van der Waals surface area contributed by atoms with Crippen molar-refractivity contribution >= 4 is 0 Å². The predicted octanol–water partition coefficient (Wildman–Crippen LogP) is 3.95. The summed E-state index contributed by atoms with van der Waals surface area (Å²) in [6, 6.07) is 4.75.